The predicted molar refractivity (Wildman–Crippen MR) is 197 cm³/mol. The highest BCUT2D eigenvalue weighted by Gasteiger charge is 2.32. The second kappa shape index (κ2) is 17.8. The maximum Gasteiger partial charge on any atom is 0.326 e. The summed E-state index contributed by atoms with van der Waals surface area (Å²) < 4.78 is 18.5. The molecule has 1 fully saturated rings. The Hall–Kier alpha value is -4.54. The minimum atomic E-state index is -1.59. The van der Waals surface area contributed by atoms with E-state index in [1.807, 2.05) is 18.2 Å². The van der Waals surface area contributed by atoms with E-state index in [2.05, 4.69) is 53.3 Å². The molecule has 1 saturated heterocycles. The van der Waals surface area contributed by atoms with Crippen LogP contribution in [-0.4, -0.2) is 75.7 Å². The number of β-amino-alcohol motifs (C(OH)–C–C–N with tert-alkyl or cyclic N) is 1. The van der Waals surface area contributed by atoms with Gasteiger partial charge in [-0.1, -0.05) is 48.0 Å². The number of carboxylic acids is 1. The summed E-state index contributed by atoms with van der Waals surface area (Å²) >= 11 is 6.73. The number of likely N-dealkylation sites (tertiary alicyclic amines) is 1. The first-order valence-electron chi connectivity index (χ1n) is 17.2. The number of aliphatic carboxylic acids is 1. The van der Waals surface area contributed by atoms with Crippen molar-refractivity contribution >= 4 is 17.6 Å². The second-order valence-corrected chi connectivity index (χ2v) is 13.7. The van der Waals surface area contributed by atoms with Crippen LogP contribution in [0.2, 0.25) is 5.02 Å². The van der Waals surface area contributed by atoms with Gasteiger partial charge < -0.3 is 29.5 Å². The number of hydrogen-bond donors (Lipinski definition) is 4. The maximum atomic E-state index is 11.8. The first-order valence-corrected chi connectivity index (χ1v) is 17.6. The fourth-order valence-corrected chi connectivity index (χ4v) is 6.29. The summed E-state index contributed by atoms with van der Waals surface area (Å²) in [4.78, 5) is 18.1. The number of benzene rings is 3. The van der Waals surface area contributed by atoms with E-state index in [1.165, 1.54) is 13.1 Å². The molecule has 1 aromatic heterocycles. The van der Waals surface area contributed by atoms with Crippen LogP contribution in [0.3, 0.4) is 0 Å². The molecule has 0 radical (unpaired) electrons. The molecular weight excluding hydrogens is 684 g/mol. The van der Waals surface area contributed by atoms with E-state index in [0.29, 0.717) is 53.0 Å². The molecule has 0 amide bonds. The number of carbonyl (C=O) groups is 1. The molecule has 12 heteroatoms. The number of pyridine rings is 1. The topological polar surface area (TPSA) is 157 Å². The fraction of sp³-hybridized carbons (Fsp3) is 0.375. The zero-order valence-corrected chi connectivity index (χ0v) is 30.4. The van der Waals surface area contributed by atoms with Gasteiger partial charge in [-0.25, -0.2) is 0 Å². The number of nitrogens with zero attached hydrogens (tertiary/aromatic N) is 3. The third kappa shape index (κ3) is 9.66. The number of aromatic nitrogens is 1. The molecule has 0 bridgehead atoms. The van der Waals surface area contributed by atoms with Gasteiger partial charge in [-0.15, -0.1) is 0 Å². The highest BCUT2D eigenvalue weighted by molar-refractivity contribution is 6.32. The number of ether oxygens (including phenoxy) is 3. The molecule has 2 heterocycles. The Morgan fingerprint density at radius 3 is 2.35 bits per heavy atom. The first kappa shape index (κ1) is 38.7. The Kier molecular flexibility index (Phi) is 13.2. The SMILES string of the molecule is Cc1c(COCCN2CC[C@@H](O)C2)cccc1-c1cccc(COc2cc(OCc3cncc(C#N)c3)c(CN[C@@](C)(CO)C(=O)O)cc2Cl)c1C. The Labute approximate surface area is 309 Å². The van der Waals surface area contributed by atoms with Crippen LogP contribution in [-0.2, 0) is 35.9 Å². The van der Waals surface area contributed by atoms with Crippen LogP contribution < -0.4 is 14.8 Å². The molecule has 4 N–H and O–H groups in total. The van der Waals surface area contributed by atoms with E-state index < -0.39 is 18.1 Å². The summed E-state index contributed by atoms with van der Waals surface area (Å²) in [5.74, 6) is -0.444. The lowest BCUT2D eigenvalue weighted by Gasteiger charge is -2.25. The average molecular weight is 729 g/mol. The number of carboxylic acid groups (broad SMARTS) is 1. The molecule has 2 atom stereocenters. The zero-order valence-electron chi connectivity index (χ0n) is 29.7. The molecule has 0 aliphatic carbocycles. The minimum absolute atomic E-state index is 0.0301. The van der Waals surface area contributed by atoms with Gasteiger partial charge in [0.25, 0.3) is 0 Å². The average Bonchev–Trinajstić information content (AvgIpc) is 3.57. The van der Waals surface area contributed by atoms with Crippen molar-refractivity contribution in [1.82, 2.24) is 15.2 Å². The minimum Gasteiger partial charge on any atom is -0.488 e. The smallest absolute Gasteiger partial charge is 0.326 e. The molecule has 52 heavy (non-hydrogen) atoms. The van der Waals surface area contributed by atoms with Crippen molar-refractivity contribution in [1.29, 1.82) is 5.26 Å². The third-order valence-electron chi connectivity index (χ3n) is 9.51. The summed E-state index contributed by atoms with van der Waals surface area (Å²) in [7, 11) is 0. The van der Waals surface area contributed by atoms with Crippen molar-refractivity contribution in [2.45, 2.75) is 65.2 Å². The summed E-state index contributed by atoms with van der Waals surface area (Å²) in [5.41, 5.74) is 6.51. The molecule has 1 aliphatic rings. The number of aliphatic hydroxyl groups is 2. The van der Waals surface area contributed by atoms with Crippen LogP contribution in [0.4, 0.5) is 0 Å². The molecule has 11 nitrogen and oxygen atoms in total. The van der Waals surface area contributed by atoms with E-state index in [4.69, 9.17) is 25.8 Å². The Bertz CT molecular complexity index is 1920. The van der Waals surface area contributed by atoms with Crippen molar-refractivity contribution in [3.63, 3.8) is 0 Å². The molecule has 0 spiro atoms. The number of nitrogens with one attached hydrogen (secondary N) is 1. The van der Waals surface area contributed by atoms with Gasteiger partial charge in [0, 0.05) is 55.8 Å². The summed E-state index contributed by atoms with van der Waals surface area (Å²) in [6.07, 6.45) is 3.64. The largest absolute Gasteiger partial charge is 0.488 e. The predicted octanol–water partition coefficient (Wildman–Crippen LogP) is 5.56. The van der Waals surface area contributed by atoms with Gasteiger partial charge in [0.05, 0.1) is 36.5 Å². The Balaban J connectivity index is 1.32. The molecular formula is C40H45ClN4O7. The number of rotatable bonds is 17. The highest BCUT2D eigenvalue weighted by atomic mass is 35.5. The van der Waals surface area contributed by atoms with Crippen LogP contribution in [0, 0.1) is 25.2 Å². The van der Waals surface area contributed by atoms with Gasteiger partial charge in [-0.2, -0.15) is 5.26 Å². The monoisotopic (exact) mass is 728 g/mol. The fourth-order valence-electron chi connectivity index (χ4n) is 6.05. The molecule has 1 aliphatic heterocycles. The van der Waals surface area contributed by atoms with Crippen LogP contribution in [0.15, 0.2) is 67.0 Å². The number of nitriles is 1. The van der Waals surface area contributed by atoms with Gasteiger partial charge in [0.15, 0.2) is 0 Å². The molecule has 274 valence electrons. The molecule has 4 aromatic rings. The highest BCUT2D eigenvalue weighted by Crippen LogP contribution is 2.36. The van der Waals surface area contributed by atoms with Crippen molar-refractivity contribution in [3.05, 3.63) is 111 Å². The van der Waals surface area contributed by atoms with Crippen molar-refractivity contribution < 1.29 is 34.3 Å². The molecule has 0 unspecified atom stereocenters. The van der Waals surface area contributed by atoms with Crippen LogP contribution in [0.25, 0.3) is 11.1 Å². The van der Waals surface area contributed by atoms with E-state index in [9.17, 15) is 25.4 Å². The number of aliphatic hydroxyl groups excluding tert-OH is 2. The van der Waals surface area contributed by atoms with Crippen molar-refractivity contribution in [2.75, 3.05) is 32.8 Å². The molecule has 5 rings (SSSR count). The Morgan fingerprint density at radius 1 is 1.02 bits per heavy atom. The summed E-state index contributed by atoms with van der Waals surface area (Å²) in [6, 6.07) is 19.4. The standard InChI is InChI=1S/C40H45ClN4O7/c1-26-30(23-50-13-12-45-11-10-33(47)21-45)6-4-8-34(26)35-9-5-7-31(27(35)2)24-52-38-16-37(51-22-29-14-28(17-42)18-43-19-29)32(15-36(38)41)20-44-40(3,25-46)39(48)49/h4-9,14-16,18-19,33,44,46-47H,10-13,20-25H2,1-3H3,(H,48,49)/t33-,40+/m1/s1. The maximum absolute atomic E-state index is 11.8. The van der Waals surface area contributed by atoms with Crippen LogP contribution in [0.5, 0.6) is 11.5 Å². The van der Waals surface area contributed by atoms with Gasteiger partial charge in [-0.3, -0.25) is 20.0 Å². The zero-order chi connectivity index (χ0) is 37.3. The van der Waals surface area contributed by atoms with E-state index in [0.717, 1.165) is 52.9 Å². The molecule has 3 aromatic carbocycles. The van der Waals surface area contributed by atoms with Gasteiger partial charge in [-0.05, 0) is 72.7 Å². The normalized spacial score (nSPS) is 15.6. The second-order valence-electron chi connectivity index (χ2n) is 13.3. The quantitative estimate of drug-likeness (QED) is 0.101. The lowest BCUT2D eigenvalue weighted by Crippen LogP contribution is -2.52. The summed E-state index contributed by atoms with van der Waals surface area (Å²) in [6.45, 7) is 8.79. The molecule has 0 saturated carbocycles. The third-order valence-corrected chi connectivity index (χ3v) is 9.81. The van der Waals surface area contributed by atoms with E-state index >= 15 is 0 Å². The van der Waals surface area contributed by atoms with Gasteiger partial charge in [0.2, 0.25) is 0 Å². The van der Waals surface area contributed by atoms with E-state index in [-0.39, 0.29) is 25.9 Å². The first-order chi connectivity index (χ1) is 25.0. The lowest BCUT2D eigenvalue weighted by molar-refractivity contribution is -0.145. The van der Waals surface area contributed by atoms with Crippen molar-refractivity contribution in [3.8, 4) is 28.7 Å². The van der Waals surface area contributed by atoms with Gasteiger partial charge in [0.1, 0.15) is 36.3 Å². The van der Waals surface area contributed by atoms with Gasteiger partial charge >= 0.3 is 5.97 Å². The van der Waals surface area contributed by atoms with Crippen LogP contribution >= 0.6 is 11.6 Å². The Morgan fingerprint density at radius 2 is 1.71 bits per heavy atom. The van der Waals surface area contributed by atoms with E-state index in [1.54, 1.807) is 24.4 Å². The summed E-state index contributed by atoms with van der Waals surface area (Å²) in [5, 5.41) is 41.6. The van der Waals surface area contributed by atoms with Crippen LogP contribution in [0.1, 0.15) is 52.3 Å². The lowest BCUT2D eigenvalue weighted by atomic mass is 9.92. The number of halogens is 1. The van der Waals surface area contributed by atoms with Crippen molar-refractivity contribution in [2.24, 2.45) is 0 Å². The number of hydrogen-bond acceptors (Lipinski definition) is 10.